The summed E-state index contributed by atoms with van der Waals surface area (Å²) in [4.78, 5) is 16.0. The van der Waals surface area contributed by atoms with Gasteiger partial charge in [0.15, 0.2) is 0 Å². The van der Waals surface area contributed by atoms with Crippen LogP contribution in [0.5, 0.6) is 0 Å². The quantitative estimate of drug-likeness (QED) is 0.601. The van der Waals surface area contributed by atoms with E-state index in [-0.39, 0.29) is 0 Å². The van der Waals surface area contributed by atoms with Crippen LogP contribution in [0.15, 0.2) is 41.6 Å². The molecule has 1 heterocycles. The number of hydrogen-bond donors (Lipinski definition) is 0. The number of nitrogens with zero attached hydrogens (tertiary/aromatic N) is 2. The Morgan fingerprint density at radius 3 is 3.06 bits per heavy atom. The zero-order chi connectivity index (χ0) is 12.1. The number of carbonyl (C=O) groups excluding carboxylic acids is 1. The Bertz CT molecular complexity index is 508. The average Bonchev–Trinajstić information content (AvgIpc) is 2.76. The van der Waals surface area contributed by atoms with Gasteiger partial charge < -0.3 is 4.57 Å². The van der Waals surface area contributed by atoms with Gasteiger partial charge in [-0.25, -0.2) is 4.98 Å². The van der Waals surface area contributed by atoms with Crippen LogP contribution in [0.3, 0.4) is 0 Å². The molecule has 0 amide bonds. The smallest absolute Gasteiger partial charge is 0.150 e. The molecule has 0 spiro atoms. The normalized spacial score (nSPS) is 10.4. The van der Waals surface area contributed by atoms with E-state index in [0.29, 0.717) is 0 Å². The molecule has 0 unspecified atom stereocenters. The lowest BCUT2D eigenvalue weighted by Gasteiger charge is -2.05. The van der Waals surface area contributed by atoms with Crippen molar-refractivity contribution in [3.63, 3.8) is 0 Å². The molecule has 0 aliphatic rings. The molecule has 0 saturated carbocycles. The first-order valence-electron chi connectivity index (χ1n) is 5.45. The molecule has 0 aliphatic carbocycles. The van der Waals surface area contributed by atoms with Crippen molar-refractivity contribution in [2.24, 2.45) is 0 Å². The van der Waals surface area contributed by atoms with Crippen molar-refractivity contribution in [1.82, 2.24) is 9.55 Å². The predicted molar refractivity (Wildman–Crippen MR) is 69.5 cm³/mol. The monoisotopic (exact) mass is 246 g/mol. The summed E-state index contributed by atoms with van der Waals surface area (Å²) in [5.41, 5.74) is 0.730. The minimum atomic E-state index is 0.730. The number of aryl methyl sites for hydroxylation is 2. The van der Waals surface area contributed by atoms with Crippen LogP contribution in [0.2, 0.25) is 0 Å². The van der Waals surface area contributed by atoms with E-state index in [1.54, 1.807) is 11.8 Å². The van der Waals surface area contributed by atoms with Gasteiger partial charge in [0.25, 0.3) is 0 Å². The lowest BCUT2D eigenvalue weighted by molar-refractivity contribution is 0.112. The Morgan fingerprint density at radius 2 is 2.35 bits per heavy atom. The highest BCUT2D eigenvalue weighted by Crippen LogP contribution is 2.19. The van der Waals surface area contributed by atoms with E-state index in [9.17, 15) is 4.79 Å². The number of aldehydes is 1. The largest absolute Gasteiger partial charge is 0.334 e. The molecule has 2 rings (SSSR count). The molecule has 0 atom stereocenters. The van der Waals surface area contributed by atoms with E-state index in [2.05, 4.69) is 9.55 Å². The van der Waals surface area contributed by atoms with Crippen LogP contribution < -0.4 is 0 Å². The van der Waals surface area contributed by atoms with Crippen molar-refractivity contribution in [3.05, 3.63) is 48.0 Å². The third kappa shape index (κ3) is 3.20. The van der Waals surface area contributed by atoms with Crippen molar-refractivity contribution in [2.75, 3.05) is 5.75 Å². The Kier molecular flexibility index (Phi) is 3.98. The Balaban J connectivity index is 1.90. The summed E-state index contributed by atoms with van der Waals surface area (Å²) in [5.74, 6) is 2.01. The van der Waals surface area contributed by atoms with Gasteiger partial charge in [0, 0.05) is 35.2 Å². The summed E-state index contributed by atoms with van der Waals surface area (Å²) >= 11 is 1.75. The molecule has 88 valence electrons. The maximum atomic E-state index is 10.6. The highest BCUT2D eigenvalue weighted by atomic mass is 32.2. The van der Waals surface area contributed by atoms with Gasteiger partial charge in [-0.1, -0.05) is 12.1 Å². The Morgan fingerprint density at radius 1 is 1.47 bits per heavy atom. The maximum absolute atomic E-state index is 10.6. The second-order valence-electron chi connectivity index (χ2n) is 3.71. The van der Waals surface area contributed by atoms with Crippen molar-refractivity contribution in [1.29, 1.82) is 0 Å². The van der Waals surface area contributed by atoms with E-state index in [4.69, 9.17) is 0 Å². The van der Waals surface area contributed by atoms with E-state index < -0.39 is 0 Å². The molecule has 0 N–H and O–H groups in total. The van der Waals surface area contributed by atoms with Crippen molar-refractivity contribution < 1.29 is 4.79 Å². The van der Waals surface area contributed by atoms with E-state index in [1.807, 2.05) is 43.6 Å². The van der Waals surface area contributed by atoms with Crippen LogP contribution in [0.25, 0.3) is 0 Å². The minimum absolute atomic E-state index is 0.730. The summed E-state index contributed by atoms with van der Waals surface area (Å²) in [5, 5.41) is 0. The second kappa shape index (κ2) is 5.68. The van der Waals surface area contributed by atoms with Gasteiger partial charge in [0.05, 0.1) is 0 Å². The van der Waals surface area contributed by atoms with Crippen molar-refractivity contribution >= 4 is 18.0 Å². The second-order valence-corrected chi connectivity index (χ2v) is 4.87. The van der Waals surface area contributed by atoms with Crippen molar-refractivity contribution in [2.45, 2.75) is 18.4 Å². The topological polar surface area (TPSA) is 34.9 Å². The number of imidazole rings is 1. The van der Waals surface area contributed by atoms with E-state index >= 15 is 0 Å². The van der Waals surface area contributed by atoms with Crippen LogP contribution in [0.4, 0.5) is 0 Å². The predicted octanol–water partition coefficient (Wildman–Crippen LogP) is 2.80. The summed E-state index contributed by atoms with van der Waals surface area (Å²) in [6.45, 7) is 2.93. The van der Waals surface area contributed by atoms with Crippen molar-refractivity contribution in [3.8, 4) is 0 Å². The molecule has 0 bridgehead atoms. The summed E-state index contributed by atoms with van der Waals surface area (Å²) in [6.07, 6.45) is 4.68. The fourth-order valence-electron chi connectivity index (χ4n) is 1.58. The first kappa shape index (κ1) is 11.9. The number of hydrogen-bond acceptors (Lipinski definition) is 3. The molecule has 3 nitrogen and oxygen atoms in total. The Hall–Kier alpha value is -1.55. The molecule has 0 saturated heterocycles. The lowest BCUT2D eigenvalue weighted by Crippen LogP contribution is -2.01. The van der Waals surface area contributed by atoms with Gasteiger partial charge in [0.1, 0.15) is 12.1 Å². The molecule has 0 fully saturated rings. The van der Waals surface area contributed by atoms with Gasteiger partial charge >= 0.3 is 0 Å². The van der Waals surface area contributed by atoms with Gasteiger partial charge in [-0.3, -0.25) is 4.79 Å². The van der Waals surface area contributed by atoms with E-state index in [0.717, 1.165) is 34.9 Å². The number of carbonyl (C=O) groups is 1. The van der Waals surface area contributed by atoms with Gasteiger partial charge in [-0.15, -0.1) is 11.8 Å². The molecule has 1 aromatic carbocycles. The third-order valence-electron chi connectivity index (χ3n) is 2.52. The van der Waals surface area contributed by atoms with Crippen LogP contribution in [0.1, 0.15) is 16.2 Å². The molecule has 1 aromatic heterocycles. The summed E-state index contributed by atoms with van der Waals surface area (Å²) in [6, 6.07) is 7.67. The van der Waals surface area contributed by atoms with Crippen LogP contribution in [-0.4, -0.2) is 21.6 Å². The standard InChI is InChI=1S/C13H14N2OS/c1-11-14-5-6-15(11)7-8-17-13-4-2-3-12(9-13)10-16/h2-6,9-10H,7-8H2,1H3. The number of benzene rings is 1. The van der Waals surface area contributed by atoms with Crippen LogP contribution in [-0.2, 0) is 6.54 Å². The molecular weight excluding hydrogens is 232 g/mol. The zero-order valence-electron chi connectivity index (χ0n) is 9.67. The third-order valence-corrected chi connectivity index (χ3v) is 3.49. The van der Waals surface area contributed by atoms with Gasteiger partial charge in [0.2, 0.25) is 0 Å². The summed E-state index contributed by atoms with van der Waals surface area (Å²) < 4.78 is 2.12. The summed E-state index contributed by atoms with van der Waals surface area (Å²) in [7, 11) is 0. The molecule has 0 aliphatic heterocycles. The maximum Gasteiger partial charge on any atom is 0.150 e. The molecule has 0 radical (unpaired) electrons. The van der Waals surface area contributed by atoms with Gasteiger partial charge in [-0.05, 0) is 19.1 Å². The zero-order valence-corrected chi connectivity index (χ0v) is 10.5. The molecule has 2 aromatic rings. The fraction of sp³-hybridized carbons (Fsp3) is 0.231. The van der Waals surface area contributed by atoms with Gasteiger partial charge in [-0.2, -0.15) is 0 Å². The molecule has 17 heavy (non-hydrogen) atoms. The highest BCUT2D eigenvalue weighted by Gasteiger charge is 1.99. The number of aromatic nitrogens is 2. The lowest BCUT2D eigenvalue weighted by atomic mass is 10.2. The number of thioether (sulfide) groups is 1. The molecule has 4 heteroatoms. The minimum Gasteiger partial charge on any atom is -0.334 e. The average molecular weight is 246 g/mol. The van der Waals surface area contributed by atoms with Crippen LogP contribution in [0, 0.1) is 6.92 Å². The first-order chi connectivity index (χ1) is 8.29. The molecular formula is C13H14N2OS. The number of rotatable bonds is 5. The SMILES string of the molecule is Cc1nccn1CCSc1cccc(C=O)c1. The fourth-order valence-corrected chi connectivity index (χ4v) is 2.50. The first-order valence-corrected chi connectivity index (χ1v) is 6.44. The Labute approximate surface area is 105 Å². The highest BCUT2D eigenvalue weighted by molar-refractivity contribution is 7.99. The van der Waals surface area contributed by atoms with E-state index in [1.165, 1.54) is 0 Å². The van der Waals surface area contributed by atoms with Crippen LogP contribution >= 0.6 is 11.8 Å².